The van der Waals surface area contributed by atoms with Crippen molar-refractivity contribution in [3.05, 3.63) is 46.1 Å². The molecule has 0 aliphatic carbocycles. The van der Waals surface area contributed by atoms with E-state index in [9.17, 15) is 13.2 Å². The molecule has 32 heavy (non-hydrogen) atoms. The molecule has 0 saturated carbocycles. The predicted molar refractivity (Wildman–Crippen MR) is 123 cm³/mol. The number of nitrogens with one attached hydrogen (secondary N) is 1. The fourth-order valence-electron chi connectivity index (χ4n) is 3.47. The summed E-state index contributed by atoms with van der Waals surface area (Å²) in [5, 5.41) is 4.49. The Bertz CT molecular complexity index is 1230. The van der Waals surface area contributed by atoms with Crippen LogP contribution in [0.15, 0.2) is 39.8 Å². The van der Waals surface area contributed by atoms with Gasteiger partial charge in [-0.1, -0.05) is 22.8 Å². The molecule has 1 N–H and O–H groups in total. The van der Waals surface area contributed by atoms with Crippen LogP contribution in [0.2, 0.25) is 5.02 Å². The summed E-state index contributed by atoms with van der Waals surface area (Å²) >= 11 is 7.31. The highest BCUT2D eigenvalue weighted by atomic mass is 35.5. The van der Waals surface area contributed by atoms with Crippen LogP contribution in [0, 0.1) is 13.8 Å². The number of hydrogen-bond acceptors (Lipinski definition) is 8. The van der Waals surface area contributed by atoms with Gasteiger partial charge in [0.25, 0.3) is 0 Å². The average Bonchev–Trinajstić information content (AvgIpc) is 3.38. The summed E-state index contributed by atoms with van der Waals surface area (Å²) in [6.07, 6.45) is 0. The largest absolute Gasteiger partial charge is 0.368 e. The number of benzene rings is 1. The molecule has 9 nitrogen and oxygen atoms in total. The molecule has 0 spiro atoms. The Morgan fingerprint density at radius 2 is 1.97 bits per heavy atom. The van der Waals surface area contributed by atoms with Crippen LogP contribution in [0.5, 0.6) is 0 Å². The van der Waals surface area contributed by atoms with Crippen molar-refractivity contribution in [2.45, 2.75) is 18.7 Å². The van der Waals surface area contributed by atoms with Crippen LogP contribution in [-0.4, -0.2) is 62.1 Å². The van der Waals surface area contributed by atoms with Crippen LogP contribution in [0.25, 0.3) is 10.7 Å². The molecular formula is C20H22ClN5O4S2. The quantitative estimate of drug-likeness (QED) is 0.560. The monoisotopic (exact) mass is 495 g/mol. The van der Waals surface area contributed by atoms with E-state index >= 15 is 0 Å². The number of carbonyl (C=O) groups excluding carboxylic acids is 1. The van der Waals surface area contributed by atoms with Crippen LogP contribution in [0.4, 0.5) is 5.69 Å². The molecule has 3 heterocycles. The van der Waals surface area contributed by atoms with E-state index in [4.69, 9.17) is 16.1 Å². The molecule has 1 fully saturated rings. The summed E-state index contributed by atoms with van der Waals surface area (Å²) in [7, 11) is -3.86. The van der Waals surface area contributed by atoms with Crippen molar-refractivity contribution >= 4 is 44.6 Å². The third-order valence-corrected chi connectivity index (χ3v) is 8.07. The molecule has 12 heteroatoms. The van der Waals surface area contributed by atoms with E-state index < -0.39 is 10.0 Å². The van der Waals surface area contributed by atoms with Crippen LogP contribution >= 0.6 is 22.9 Å². The number of thiophene rings is 1. The van der Waals surface area contributed by atoms with Crippen LogP contribution in [-0.2, 0) is 14.8 Å². The Balaban J connectivity index is 1.35. The zero-order chi connectivity index (χ0) is 22.9. The van der Waals surface area contributed by atoms with Gasteiger partial charge >= 0.3 is 0 Å². The third-order valence-electron chi connectivity index (χ3n) is 5.13. The van der Waals surface area contributed by atoms with Gasteiger partial charge in [-0.05, 0) is 31.2 Å². The first kappa shape index (κ1) is 22.7. The maximum absolute atomic E-state index is 12.8. The molecule has 1 amide bonds. The van der Waals surface area contributed by atoms with Crippen molar-refractivity contribution in [3.8, 4) is 10.7 Å². The number of carbonyl (C=O) groups is 1. The predicted octanol–water partition coefficient (Wildman–Crippen LogP) is 2.70. The number of nitrogens with zero attached hydrogens (tertiary/aromatic N) is 4. The van der Waals surface area contributed by atoms with Gasteiger partial charge < -0.3 is 14.3 Å². The van der Waals surface area contributed by atoms with Gasteiger partial charge in [0.15, 0.2) is 0 Å². The van der Waals surface area contributed by atoms with E-state index in [1.165, 1.54) is 17.4 Å². The maximum atomic E-state index is 12.8. The van der Waals surface area contributed by atoms with Crippen molar-refractivity contribution in [1.29, 1.82) is 0 Å². The molecule has 1 saturated heterocycles. The van der Waals surface area contributed by atoms with Gasteiger partial charge in [0.05, 0.1) is 16.3 Å². The number of aryl methyl sites for hydroxylation is 2. The summed E-state index contributed by atoms with van der Waals surface area (Å²) in [5.74, 6) is 0.474. The summed E-state index contributed by atoms with van der Waals surface area (Å²) in [5.41, 5.74) is 1.01. The van der Waals surface area contributed by atoms with E-state index in [1.54, 1.807) is 18.7 Å². The van der Waals surface area contributed by atoms with Gasteiger partial charge in [-0.15, -0.1) is 11.3 Å². The number of amides is 1. The van der Waals surface area contributed by atoms with Gasteiger partial charge in [-0.2, -0.15) is 4.98 Å². The molecule has 0 radical (unpaired) electrons. The first-order valence-electron chi connectivity index (χ1n) is 9.92. The zero-order valence-electron chi connectivity index (χ0n) is 17.5. The minimum Gasteiger partial charge on any atom is -0.368 e. The van der Waals surface area contributed by atoms with Gasteiger partial charge in [0, 0.05) is 48.7 Å². The number of anilines is 1. The highest BCUT2D eigenvalue weighted by Crippen LogP contribution is 2.32. The van der Waals surface area contributed by atoms with E-state index in [1.807, 2.05) is 24.3 Å². The first-order chi connectivity index (χ1) is 15.2. The minimum atomic E-state index is -3.86. The highest BCUT2D eigenvalue weighted by Gasteiger charge is 2.26. The van der Waals surface area contributed by atoms with Gasteiger partial charge in [0.1, 0.15) is 0 Å². The molecule has 0 unspecified atom stereocenters. The number of sulfonamides is 1. The lowest BCUT2D eigenvalue weighted by Gasteiger charge is -2.36. The number of aromatic nitrogens is 2. The standard InChI is InChI=1S/C20H22ClN5O4S2/c1-13-18(11-17(31-13)20-23-14(2)30-24-20)32(28,29)22-12-19(27)26-8-6-25(7-9-26)16-5-3-4-15(21)10-16/h3-5,10-11,22H,6-9,12H2,1-2H3. The van der Waals surface area contributed by atoms with Crippen LogP contribution < -0.4 is 9.62 Å². The zero-order valence-corrected chi connectivity index (χ0v) is 19.9. The van der Waals surface area contributed by atoms with Crippen molar-refractivity contribution in [2.24, 2.45) is 0 Å². The fourth-order valence-corrected chi connectivity index (χ4v) is 6.15. The van der Waals surface area contributed by atoms with Crippen molar-refractivity contribution in [2.75, 3.05) is 37.6 Å². The smallest absolute Gasteiger partial charge is 0.242 e. The Morgan fingerprint density at radius 3 is 2.62 bits per heavy atom. The van der Waals surface area contributed by atoms with Crippen LogP contribution in [0.3, 0.4) is 0 Å². The van der Waals surface area contributed by atoms with Crippen LogP contribution in [0.1, 0.15) is 10.8 Å². The summed E-state index contributed by atoms with van der Waals surface area (Å²) in [4.78, 5) is 21.8. The molecule has 0 bridgehead atoms. The third kappa shape index (κ3) is 4.96. The molecular weight excluding hydrogens is 474 g/mol. The summed E-state index contributed by atoms with van der Waals surface area (Å²) in [6.45, 7) is 5.37. The van der Waals surface area contributed by atoms with Gasteiger partial charge in [0.2, 0.25) is 27.6 Å². The Kier molecular flexibility index (Phi) is 6.52. The van der Waals surface area contributed by atoms with Gasteiger partial charge in [-0.25, -0.2) is 13.1 Å². The fraction of sp³-hybridized carbons (Fsp3) is 0.350. The molecule has 170 valence electrons. The van der Waals surface area contributed by atoms with E-state index in [-0.39, 0.29) is 17.3 Å². The molecule has 2 aromatic heterocycles. The van der Waals surface area contributed by atoms with E-state index in [0.717, 1.165) is 5.69 Å². The maximum Gasteiger partial charge on any atom is 0.242 e. The molecule has 3 aromatic rings. The second-order valence-electron chi connectivity index (χ2n) is 7.34. The summed E-state index contributed by atoms with van der Waals surface area (Å²) in [6, 6.07) is 9.08. The molecule has 1 aromatic carbocycles. The SMILES string of the molecule is Cc1nc(-c2cc(S(=O)(=O)NCC(=O)N3CCN(c4cccc(Cl)c4)CC3)c(C)s2)no1. The summed E-state index contributed by atoms with van der Waals surface area (Å²) < 4.78 is 33.0. The Hall–Kier alpha value is -2.47. The van der Waals surface area contributed by atoms with Crippen molar-refractivity contribution < 1.29 is 17.7 Å². The Labute approximate surface area is 195 Å². The highest BCUT2D eigenvalue weighted by molar-refractivity contribution is 7.89. The molecule has 1 aliphatic rings. The van der Waals surface area contributed by atoms with E-state index in [0.29, 0.717) is 52.7 Å². The Morgan fingerprint density at radius 1 is 1.22 bits per heavy atom. The van der Waals surface area contributed by atoms with Gasteiger partial charge in [-0.3, -0.25) is 4.79 Å². The topological polar surface area (TPSA) is 109 Å². The minimum absolute atomic E-state index is 0.110. The lowest BCUT2D eigenvalue weighted by molar-refractivity contribution is -0.130. The lowest BCUT2D eigenvalue weighted by atomic mass is 10.2. The second-order valence-corrected chi connectivity index (χ2v) is 10.8. The molecule has 0 atom stereocenters. The number of piperazine rings is 1. The van der Waals surface area contributed by atoms with Crippen molar-refractivity contribution in [1.82, 2.24) is 19.8 Å². The number of rotatable bonds is 6. The van der Waals surface area contributed by atoms with E-state index in [2.05, 4.69) is 19.8 Å². The number of hydrogen-bond donors (Lipinski definition) is 1. The number of halogens is 1. The average molecular weight is 496 g/mol. The molecule has 4 rings (SSSR count). The first-order valence-corrected chi connectivity index (χ1v) is 12.6. The van der Waals surface area contributed by atoms with Crippen molar-refractivity contribution in [3.63, 3.8) is 0 Å². The normalized spacial score (nSPS) is 14.7. The lowest BCUT2D eigenvalue weighted by Crippen LogP contribution is -2.51. The second kappa shape index (κ2) is 9.18. The molecule has 1 aliphatic heterocycles.